The first kappa shape index (κ1) is 12.4. The smallest absolute Gasteiger partial charge is 0.0413 e. The third-order valence-corrected chi connectivity index (χ3v) is 2.96. The molecule has 0 atom stereocenters. The number of para-hydroxylation sites is 1. The molecule has 2 aromatic carbocycles. The van der Waals surface area contributed by atoms with Crippen LogP contribution in [0.15, 0.2) is 61.2 Å². The second kappa shape index (κ2) is 5.54. The van der Waals surface area contributed by atoms with Crippen molar-refractivity contribution in [1.29, 1.82) is 0 Å². The van der Waals surface area contributed by atoms with Crippen LogP contribution in [0, 0.1) is 0 Å². The van der Waals surface area contributed by atoms with Crippen molar-refractivity contribution in [2.45, 2.75) is 19.9 Å². The summed E-state index contributed by atoms with van der Waals surface area (Å²) in [5.74, 6) is 0. The fourth-order valence-electron chi connectivity index (χ4n) is 2.10. The van der Waals surface area contributed by atoms with Gasteiger partial charge in [-0.1, -0.05) is 43.0 Å². The minimum atomic E-state index is 0.419. The van der Waals surface area contributed by atoms with Crippen LogP contribution in [0.3, 0.4) is 0 Å². The van der Waals surface area contributed by atoms with Crippen molar-refractivity contribution in [1.82, 2.24) is 0 Å². The number of anilines is 2. The summed E-state index contributed by atoms with van der Waals surface area (Å²) in [6.07, 6.45) is 1.87. The fourth-order valence-corrected chi connectivity index (χ4v) is 2.10. The molecule has 18 heavy (non-hydrogen) atoms. The Bertz CT molecular complexity index is 497. The molecule has 0 aliphatic carbocycles. The highest BCUT2D eigenvalue weighted by Crippen LogP contribution is 2.27. The standard InChI is InChI=1S/C17H19N/c1-4-15-10-12-17(13-11-15)18(14(2)3)16-8-6-5-7-9-16/h4-14H,1H2,2-3H3. The maximum Gasteiger partial charge on any atom is 0.0413 e. The van der Waals surface area contributed by atoms with Crippen LogP contribution in [0.4, 0.5) is 11.4 Å². The van der Waals surface area contributed by atoms with Crippen LogP contribution >= 0.6 is 0 Å². The van der Waals surface area contributed by atoms with Crippen molar-refractivity contribution in [2.75, 3.05) is 4.90 Å². The summed E-state index contributed by atoms with van der Waals surface area (Å²) in [6.45, 7) is 8.19. The molecule has 0 N–H and O–H groups in total. The lowest BCUT2D eigenvalue weighted by Gasteiger charge is -2.29. The molecule has 0 amide bonds. The molecule has 0 aromatic heterocycles. The van der Waals surface area contributed by atoms with E-state index in [1.807, 2.05) is 12.1 Å². The van der Waals surface area contributed by atoms with Gasteiger partial charge in [0.15, 0.2) is 0 Å². The number of hydrogen-bond acceptors (Lipinski definition) is 1. The minimum absolute atomic E-state index is 0.419. The molecule has 0 aliphatic rings. The van der Waals surface area contributed by atoms with Crippen molar-refractivity contribution < 1.29 is 0 Å². The van der Waals surface area contributed by atoms with Gasteiger partial charge in [-0.05, 0) is 43.7 Å². The topological polar surface area (TPSA) is 3.24 Å². The zero-order valence-electron chi connectivity index (χ0n) is 11.0. The normalized spacial score (nSPS) is 10.4. The van der Waals surface area contributed by atoms with Crippen LogP contribution in [0.1, 0.15) is 19.4 Å². The Morgan fingerprint density at radius 3 is 1.94 bits per heavy atom. The molecule has 0 unspecified atom stereocenters. The molecule has 2 rings (SSSR count). The molecule has 1 nitrogen and oxygen atoms in total. The Morgan fingerprint density at radius 1 is 0.889 bits per heavy atom. The Kier molecular flexibility index (Phi) is 3.83. The lowest BCUT2D eigenvalue weighted by Crippen LogP contribution is -2.25. The largest absolute Gasteiger partial charge is 0.339 e. The molecule has 0 heterocycles. The van der Waals surface area contributed by atoms with E-state index in [1.54, 1.807) is 0 Å². The lowest BCUT2D eigenvalue weighted by molar-refractivity contribution is 0.789. The predicted octanol–water partition coefficient (Wildman–Crippen LogP) is 4.88. The minimum Gasteiger partial charge on any atom is -0.339 e. The molecular formula is C17H19N. The maximum atomic E-state index is 3.79. The molecule has 0 saturated heterocycles. The highest BCUT2D eigenvalue weighted by Gasteiger charge is 2.12. The molecule has 0 bridgehead atoms. The average molecular weight is 237 g/mol. The quantitative estimate of drug-likeness (QED) is 0.732. The SMILES string of the molecule is C=Cc1ccc(N(c2ccccc2)C(C)C)cc1. The molecule has 0 aliphatic heterocycles. The Labute approximate surface area is 109 Å². The Hall–Kier alpha value is -2.02. The maximum absolute atomic E-state index is 3.79. The van der Waals surface area contributed by atoms with E-state index in [2.05, 4.69) is 73.9 Å². The molecule has 92 valence electrons. The third-order valence-electron chi connectivity index (χ3n) is 2.96. The Balaban J connectivity index is 2.38. The number of rotatable bonds is 4. The first-order chi connectivity index (χ1) is 8.72. The van der Waals surface area contributed by atoms with Crippen molar-refractivity contribution in [3.8, 4) is 0 Å². The Morgan fingerprint density at radius 2 is 1.44 bits per heavy atom. The lowest BCUT2D eigenvalue weighted by atomic mass is 10.1. The zero-order chi connectivity index (χ0) is 13.0. The third kappa shape index (κ3) is 2.62. The van der Waals surface area contributed by atoms with Crippen molar-refractivity contribution in [2.24, 2.45) is 0 Å². The first-order valence-electron chi connectivity index (χ1n) is 6.29. The molecule has 0 fully saturated rings. The van der Waals surface area contributed by atoms with Gasteiger partial charge in [0.05, 0.1) is 0 Å². The van der Waals surface area contributed by atoms with E-state index in [0.29, 0.717) is 6.04 Å². The first-order valence-corrected chi connectivity index (χ1v) is 6.29. The van der Waals surface area contributed by atoms with Gasteiger partial charge in [0, 0.05) is 17.4 Å². The zero-order valence-corrected chi connectivity index (χ0v) is 11.0. The van der Waals surface area contributed by atoms with Gasteiger partial charge in [-0.3, -0.25) is 0 Å². The molecular weight excluding hydrogens is 218 g/mol. The van der Waals surface area contributed by atoms with E-state index in [4.69, 9.17) is 0 Å². The monoisotopic (exact) mass is 237 g/mol. The van der Waals surface area contributed by atoms with Gasteiger partial charge >= 0.3 is 0 Å². The molecule has 0 saturated carbocycles. The van der Waals surface area contributed by atoms with Gasteiger partial charge < -0.3 is 4.90 Å². The van der Waals surface area contributed by atoms with E-state index < -0.39 is 0 Å². The van der Waals surface area contributed by atoms with Gasteiger partial charge in [0.2, 0.25) is 0 Å². The average Bonchev–Trinajstić information content (AvgIpc) is 2.40. The second-order valence-electron chi connectivity index (χ2n) is 4.59. The summed E-state index contributed by atoms with van der Waals surface area (Å²) >= 11 is 0. The van der Waals surface area contributed by atoms with Crippen molar-refractivity contribution >= 4 is 17.5 Å². The molecule has 0 radical (unpaired) electrons. The number of nitrogens with zero attached hydrogens (tertiary/aromatic N) is 1. The number of hydrogen-bond donors (Lipinski definition) is 0. The molecule has 1 heteroatoms. The van der Waals surface area contributed by atoms with Gasteiger partial charge in [-0.25, -0.2) is 0 Å². The van der Waals surface area contributed by atoms with Crippen molar-refractivity contribution in [3.05, 3.63) is 66.7 Å². The fraction of sp³-hybridized carbons (Fsp3) is 0.176. The summed E-state index contributed by atoms with van der Waals surface area (Å²) in [6, 6.07) is 19.4. The van der Waals surface area contributed by atoms with E-state index in [9.17, 15) is 0 Å². The van der Waals surface area contributed by atoms with E-state index >= 15 is 0 Å². The summed E-state index contributed by atoms with van der Waals surface area (Å²) < 4.78 is 0. The summed E-state index contributed by atoms with van der Waals surface area (Å²) in [4.78, 5) is 2.33. The second-order valence-corrected chi connectivity index (χ2v) is 4.59. The van der Waals surface area contributed by atoms with Crippen LogP contribution in [0.5, 0.6) is 0 Å². The van der Waals surface area contributed by atoms with Crippen LogP contribution in [-0.4, -0.2) is 6.04 Å². The van der Waals surface area contributed by atoms with Crippen LogP contribution < -0.4 is 4.90 Å². The van der Waals surface area contributed by atoms with E-state index in [-0.39, 0.29) is 0 Å². The van der Waals surface area contributed by atoms with Gasteiger partial charge in [0.25, 0.3) is 0 Å². The highest BCUT2D eigenvalue weighted by molar-refractivity contribution is 5.65. The number of benzene rings is 2. The molecule has 2 aromatic rings. The highest BCUT2D eigenvalue weighted by atomic mass is 15.2. The van der Waals surface area contributed by atoms with E-state index in [0.717, 1.165) is 5.56 Å². The van der Waals surface area contributed by atoms with Gasteiger partial charge in [0.1, 0.15) is 0 Å². The van der Waals surface area contributed by atoms with Crippen LogP contribution in [-0.2, 0) is 0 Å². The van der Waals surface area contributed by atoms with E-state index in [1.165, 1.54) is 11.4 Å². The summed E-state index contributed by atoms with van der Waals surface area (Å²) in [7, 11) is 0. The summed E-state index contributed by atoms with van der Waals surface area (Å²) in [5.41, 5.74) is 3.58. The van der Waals surface area contributed by atoms with Gasteiger partial charge in [-0.2, -0.15) is 0 Å². The molecule has 0 spiro atoms. The van der Waals surface area contributed by atoms with Crippen molar-refractivity contribution in [3.63, 3.8) is 0 Å². The summed E-state index contributed by atoms with van der Waals surface area (Å²) in [5, 5.41) is 0. The van der Waals surface area contributed by atoms with Crippen LogP contribution in [0.25, 0.3) is 6.08 Å². The van der Waals surface area contributed by atoms with Gasteiger partial charge in [-0.15, -0.1) is 0 Å². The van der Waals surface area contributed by atoms with Crippen LogP contribution in [0.2, 0.25) is 0 Å². The predicted molar refractivity (Wildman–Crippen MR) is 80.3 cm³/mol.